The van der Waals surface area contributed by atoms with Crippen LogP contribution >= 0.6 is 0 Å². The zero-order valence-electron chi connectivity index (χ0n) is 8.73. The first kappa shape index (κ1) is 9.45. The molecule has 0 radical (unpaired) electrons. The van der Waals surface area contributed by atoms with E-state index in [0.717, 1.165) is 29.5 Å². The summed E-state index contributed by atoms with van der Waals surface area (Å²) in [5.41, 5.74) is 2.84. The standard InChI is InChI=1S/C13H15F/c1-9(2)13(6-7-13)11-5-4-10(3)8-12(11)14/h4-5,8H,1,6-7H2,2-3H3. The van der Waals surface area contributed by atoms with Crippen molar-refractivity contribution in [3.05, 3.63) is 47.3 Å². The molecule has 0 unspecified atom stereocenters. The molecule has 0 saturated heterocycles. The summed E-state index contributed by atoms with van der Waals surface area (Å²) in [7, 11) is 0. The number of benzene rings is 1. The van der Waals surface area contributed by atoms with E-state index in [1.807, 2.05) is 26.0 Å². The average Bonchev–Trinajstić information content (AvgIpc) is 2.84. The molecule has 74 valence electrons. The van der Waals surface area contributed by atoms with Gasteiger partial charge in [0.15, 0.2) is 0 Å². The number of halogens is 1. The summed E-state index contributed by atoms with van der Waals surface area (Å²) in [6.07, 6.45) is 2.09. The summed E-state index contributed by atoms with van der Waals surface area (Å²) in [5.74, 6) is -0.0782. The Morgan fingerprint density at radius 3 is 2.50 bits per heavy atom. The molecule has 1 aliphatic rings. The molecule has 1 aliphatic carbocycles. The number of allylic oxidation sites excluding steroid dienone is 1. The van der Waals surface area contributed by atoms with Gasteiger partial charge in [0.1, 0.15) is 5.82 Å². The predicted molar refractivity (Wildman–Crippen MR) is 56.9 cm³/mol. The highest BCUT2D eigenvalue weighted by Crippen LogP contribution is 2.53. The van der Waals surface area contributed by atoms with Crippen molar-refractivity contribution < 1.29 is 4.39 Å². The van der Waals surface area contributed by atoms with Crippen LogP contribution < -0.4 is 0 Å². The largest absolute Gasteiger partial charge is 0.207 e. The van der Waals surface area contributed by atoms with Gasteiger partial charge >= 0.3 is 0 Å². The fraction of sp³-hybridized carbons (Fsp3) is 0.385. The molecule has 0 aromatic heterocycles. The third-order valence-electron chi connectivity index (χ3n) is 3.21. The Bertz CT molecular complexity index is 386. The monoisotopic (exact) mass is 190 g/mol. The van der Waals surface area contributed by atoms with E-state index in [4.69, 9.17) is 0 Å². The maximum absolute atomic E-state index is 13.7. The minimum absolute atomic E-state index is 0.0439. The van der Waals surface area contributed by atoms with Gasteiger partial charge in [0.2, 0.25) is 0 Å². The lowest BCUT2D eigenvalue weighted by molar-refractivity contribution is 0.591. The molecular formula is C13H15F. The Morgan fingerprint density at radius 2 is 2.07 bits per heavy atom. The fourth-order valence-electron chi connectivity index (χ4n) is 2.06. The van der Waals surface area contributed by atoms with Gasteiger partial charge in [-0.15, -0.1) is 0 Å². The Hall–Kier alpha value is -1.11. The lowest BCUT2D eigenvalue weighted by atomic mass is 9.89. The topological polar surface area (TPSA) is 0 Å². The molecule has 0 bridgehead atoms. The minimum Gasteiger partial charge on any atom is -0.207 e. The van der Waals surface area contributed by atoms with E-state index in [9.17, 15) is 4.39 Å². The van der Waals surface area contributed by atoms with Gasteiger partial charge in [-0.25, -0.2) is 4.39 Å². The van der Waals surface area contributed by atoms with Crippen LogP contribution in [0.2, 0.25) is 0 Å². The maximum atomic E-state index is 13.7. The zero-order valence-corrected chi connectivity index (χ0v) is 8.73. The Morgan fingerprint density at radius 1 is 1.43 bits per heavy atom. The Balaban J connectivity index is 2.47. The molecule has 0 nitrogen and oxygen atoms in total. The first-order valence-electron chi connectivity index (χ1n) is 4.99. The number of hydrogen-bond donors (Lipinski definition) is 0. The molecule has 1 saturated carbocycles. The third-order valence-corrected chi connectivity index (χ3v) is 3.21. The summed E-state index contributed by atoms with van der Waals surface area (Å²) in [6, 6.07) is 5.49. The second-order valence-electron chi connectivity index (χ2n) is 4.35. The first-order valence-corrected chi connectivity index (χ1v) is 4.99. The summed E-state index contributed by atoms with van der Waals surface area (Å²) >= 11 is 0. The molecule has 2 rings (SSSR count). The highest BCUT2D eigenvalue weighted by Gasteiger charge is 2.46. The van der Waals surface area contributed by atoms with Crippen LogP contribution in [0.4, 0.5) is 4.39 Å². The molecule has 0 spiro atoms. The van der Waals surface area contributed by atoms with Gasteiger partial charge in [-0.2, -0.15) is 0 Å². The molecule has 1 aromatic rings. The van der Waals surface area contributed by atoms with Crippen LogP contribution in [0.1, 0.15) is 30.9 Å². The van der Waals surface area contributed by atoms with Crippen LogP contribution in [-0.4, -0.2) is 0 Å². The van der Waals surface area contributed by atoms with Gasteiger partial charge in [0.05, 0.1) is 0 Å². The van der Waals surface area contributed by atoms with E-state index in [1.54, 1.807) is 6.07 Å². The molecule has 1 heteroatoms. The number of aryl methyl sites for hydroxylation is 1. The Labute approximate surface area is 84.5 Å². The van der Waals surface area contributed by atoms with E-state index < -0.39 is 0 Å². The van der Waals surface area contributed by atoms with Crippen LogP contribution in [0.15, 0.2) is 30.4 Å². The fourth-order valence-corrected chi connectivity index (χ4v) is 2.06. The van der Waals surface area contributed by atoms with Crippen LogP contribution in [0, 0.1) is 12.7 Å². The van der Waals surface area contributed by atoms with Crippen molar-refractivity contribution in [3.63, 3.8) is 0 Å². The van der Waals surface area contributed by atoms with E-state index in [2.05, 4.69) is 6.58 Å². The van der Waals surface area contributed by atoms with Crippen molar-refractivity contribution in [1.29, 1.82) is 0 Å². The van der Waals surface area contributed by atoms with Crippen LogP contribution in [-0.2, 0) is 5.41 Å². The van der Waals surface area contributed by atoms with Gasteiger partial charge in [-0.3, -0.25) is 0 Å². The van der Waals surface area contributed by atoms with Gasteiger partial charge in [-0.1, -0.05) is 24.3 Å². The summed E-state index contributed by atoms with van der Waals surface area (Å²) in [6.45, 7) is 7.86. The average molecular weight is 190 g/mol. The van der Waals surface area contributed by atoms with E-state index in [1.165, 1.54) is 0 Å². The second-order valence-corrected chi connectivity index (χ2v) is 4.35. The van der Waals surface area contributed by atoms with Crippen LogP contribution in [0.3, 0.4) is 0 Å². The normalized spacial score (nSPS) is 17.9. The zero-order chi connectivity index (χ0) is 10.3. The Kier molecular flexibility index (Phi) is 1.99. The molecule has 0 aliphatic heterocycles. The van der Waals surface area contributed by atoms with Gasteiger partial charge in [0.25, 0.3) is 0 Å². The second kappa shape index (κ2) is 2.94. The molecule has 1 fully saturated rings. The molecule has 14 heavy (non-hydrogen) atoms. The smallest absolute Gasteiger partial charge is 0.127 e. The van der Waals surface area contributed by atoms with Crippen molar-refractivity contribution >= 4 is 0 Å². The highest BCUT2D eigenvalue weighted by atomic mass is 19.1. The van der Waals surface area contributed by atoms with Crippen molar-refractivity contribution in [1.82, 2.24) is 0 Å². The molecule has 0 atom stereocenters. The summed E-state index contributed by atoms with van der Waals surface area (Å²) < 4.78 is 13.7. The molecule has 1 aromatic carbocycles. The van der Waals surface area contributed by atoms with Gasteiger partial charge < -0.3 is 0 Å². The van der Waals surface area contributed by atoms with Crippen molar-refractivity contribution in [2.75, 3.05) is 0 Å². The van der Waals surface area contributed by atoms with Crippen molar-refractivity contribution in [2.24, 2.45) is 0 Å². The number of rotatable bonds is 2. The molecule has 0 amide bonds. The third kappa shape index (κ3) is 1.28. The van der Waals surface area contributed by atoms with Crippen LogP contribution in [0.25, 0.3) is 0 Å². The summed E-state index contributed by atoms with van der Waals surface area (Å²) in [5, 5.41) is 0. The van der Waals surface area contributed by atoms with Gasteiger partial charge in [-0.05, 0) is 43.9 Å². The first-order chi connectivity index (χ1) is 6.56. The lowest BCUT2D eigenvalue weighted by Gasteiger charge is -2.16. The predicted octanol–water partition coefficient (Wildman–Crippen LogP) is 3.74. The lowest BCUT2D eigenvalue weighted by Crippen LogP contribution is -2.09. The summed E-state index contributed by atoms with van der Waals surface area (Å²) in [4.78, 5) is 0. The van der Waals surface area contributed by atoms with Crippen molar-refractivity contribution in [2.45, 2.75) is 32.1 Å². The number of hydrogen-bond acceptors (Lipinski definition) is 0. The maximum Gasteiger partial charge on any atom is 0.127 e. The SMILES string of the molecule is C=C(C)C1(c2ccc(C)cc2F)CC1. The highest BCUT2D eigenvalue weighted by molar-refractivity contribution is 5.42. The van der Waals surface area contributed by atoms with Crippen LogP contribution in [0.5, 0.6) is 0 Å². The molecular weight excluding hydrogens is 175 g/mol. The molecule has 0 N–H and O–H groups in total. The van der Waals surface area contributed by atoms with Gasteiger partial charge in [0, 0.05) is 5.41 Å². The van der Waals surface area contributed by atoms with E-state index in [0.29, 0.717) is 0 Å². The minimum atomic E-state index is -0.0782. The quantitative estimate of drug-likeness (QED) is 0.623. The van der Waals surface area contributed by atoms with Crippen molar-refractivity contribution in [3.8, 4) is 0 Å². The van der Waals surface area contributed by atoms with E-state index >= 15 is 0 Å². The molecule has 0 heterocycles. The van der Waals surface area contributed by atoms with E-state index in [-0.39, 0.29) is 11.2 Å².